The molecule has 1 aliphatic rings. The number of hydrogen-bond acceptors (Lipinski definition) is 2. The highest BCUT2D eigenvalue weighted by Gasteiger charge is 2.40. The summed E-state index contributed by atoms with van der Waals surface area (Å²) in [5.41, 5.74) is 0.899. The van der Waals surface area contributed by atoms with Crippen LogP contribution in [0.5, 0.6) is 0 Å². The zero-order valence-electron chi connectivity index (χ0n) is 7.42. The molecule has 1 aliphatic heterocycles. The topological polar surface area (TPSA) is 18.5 Å². The Morgan fingerprint density at radius 1 is 1.31 bits per heavy atom. The van der Waals surface area contributed by atoms with Crippen molar-refractivity contribution in [3.63, 3.8) is 0 Å². The molecule has 0 aliphatic carbocycles. The van der Waals surface area contributed by atoms with E-state index in [1.807, 2.05) is 24.3 Å². The average Bonchev–Trinajstić information content (AvgIpc) is 2.07. The fraction of sp³-hybridized carbons (Fsp3) is 0.400. The third kappa shape index (κ3) is 1.46. The van der Waals surface area contributed by atoms with Gasteiger partial charge in [-0.15, -0.1) is 0 Å². The lowest BCUT2D eigenvalue weighted by Crippen LogP contribution is -2.48. The van der Waals surface area contributed by atoms with Gasteiger partial charge in [0.15, 0.2) is 0 Å². The molecule has 0 spiro atoms. The van der Waals surface area contributed by atoms with E-state index < -0.39 is 0 Å². The van der Waals surface area contributed by atoms with Gasteiger partial charge >= 0.3 is 0 Å². The van der Waals surface area contributed by atoms with Gasteiger partial charge in [0.1, 0.15) is 5.60 Å². The van der Waals surface area contributed by atoms with Gasteiger partial charge in [0, 0.05) is 12.1 Å². The molecule has 70 valence electrons. The van der Waals surface area contributed by atoms with Gasteiger partial charge in [0.05, 0.1) is 13.2 Å². The second-order valence-electron chi connectivity index (χ2n) is 3.20. The van der Waals surface area contributed by atoms with E-state index >= 15 is 0 Å². The SMILES string of the molecule is COC1(c2ccc(Cl)cc2)COC1. The summed E-state index contributed by atoms with van der Waals surface area (Å²) < 4.78 is 10.6. The highest BCUT2D eigenvalue weighted by atomic mass is 35.5. The lowest BCUT2D eigenvalue weighted by atomic mass is 9.92. The minimum Gasteiger partial charge on any atom is -0.375 e. The van der Waals surface area contributed by atoms with E-state index in [4.69, 9.17) is 21.1 Å². The van der Waals surface area contributed by atoms with Crippen LogP contribution in [0.4, 0.5) is 0 Å². The summed E-state index contributed by atoms with van der Waals surface area (Å²) in [5.74, 6) is 0. The summed E-state index contributed by atoms with van der Waals surface area (Å²) in [7, 11) is 1.71. The Morgan fingerprint density at radius 3 is 2.31 bits per heavy atom. The molecule has 0 bridgehead atoms. The monoisotopic (exact) mass is 198 g/mol. The molecular weight excluding hydrogens is 188 g/mol. The Balaban J connectivity index is 2.28. The third-order valence-corrected chi connectivity index (χ3v) is 2.68. The minimum atomic E-state index is -0.232. The number of methoxy groups -OCH3 is 1. The van der Waals surface area contributed by atoms with Crippen LogP contribution in [0.15, 0.2) is 24.3 Å². The molecular formula is C10H11ClO2. The summed E-state index contributed by atoms with van der Waals surface area (Å²) in [6.07, 6.45) is 0. The molecule has 0 N–H and O–H groups in total. The lowest BCUT2D eigenvalue weighted by molar-refractivity contribution is -0.202. The maximum Gasteiger partial charge on any atom is 0.139 e. The molecule has 0 amide bonds. The molecule has 0 unspecified atom stereocenters. The van der Waals surface area contributed by atoms with Gasteiger partial charge < -0.3 is 9.47 Å². The minimum absolute atomic E-state index is 0.232. The first kappa shape index (κ1) is 9.00. The Labute approximate surface area is 82.4 Å². The van der Waals surface area contributed by atoms with Crippen LogP contribution in [-0.2, 0) is 15.1 Å². The molecule has 0 saturated carbocycles. The third-order valence-electron chi connectivity index (χ3n) is 2.43. The smallest absolute Gasteiger partial charge is 0.139 e. The highest BCUT2D eigenvalue weighted by molar-refractivity contribution is 6.30. The summed E-state index contributed by atoms with van der Waals surface area (Å²) in [5, 5.41) is 0.746. The van der Waals surface area contributed by atoms with Gasteiger partial charge in [-0.25, -0.2) is 0 Å². The van der Waals surface area contributed by atoms with Gasteiger partial charge in [-0.3, -0.25) is 0 Å². The number of ether oxygens (including phenoxy) is 2. The first-order chi connectivity index (χ1) is 6.27. The molecule has 2 nitrogen and oxygen atoms in total. The number of halogens is 1. The van der Waals surface area contributed by atoms with Crippen molar-refractivity contribution < 1.29 is 9.47 Å². The molecule has 1 aromatic rings. The Kier molecular flexibility index (Phi) is 2.28. The van der Waals surface area contributed by atoms with Crippen molar-refractivity contribution in [3.8, 4) is 0 Å². The van der Waals surface area contributed by atoms with Gasteiger partial charge in [0.2, 0.25) is 0 Å². The number of benzene rings is 1. The Morgan fingerprint density at radius 2 is 1.92 bits per heavy atom. The standard InChI is InChI=1S/C10H11ClO2/c1-12-10(6-13-7-10)8-2-4-9(11)5-3-8/h2-5H,6-7H2,1H3. The van der Waals surface area contributed by atoms with Crippen LogP contribution in [0.3, 0.4) is 0 Å². The van der Waals surface area contributed by atoms with Crippen molar-refractivity contribution in [3.05, 3.63) is 34.9 Å². The van der Waals surface area contributed by atoms with E-state index in [1.165, 1.54) is 0 Å². The highest BCUT2D eigenvalue weighted by Crippen LogP contribution is 2.33. The van der Waals surface area contributed by atoms with E-state index in [9.17, 15) is 0 Å². The molecule has 2 rings (SSSR count). The molecule has 0 aromatic heterocycles. The fourth-order valence-electron chi connectivity index (χ4n) is 1.44. The van der Waals surface area contributed by atoms with Gasteiger partial charge in [-0.1, -0.05) is 23.7 Å². The van der Waals surface area contributed by atoms with E-state index in [0.29, 0.717) is 13.2 Å². The van der Waals surface area contributed by atoms with Crippen LogP contribution < -0.4 is 0 Å². The zero-order valence-corrected chi connectivity index (χ0v) is 8.17. The second kappa shape index (κ2) is 3.29. The quantitative estimate of drug-likeness (QED) is 0.726. The summed E-state index contributed by atoms with van der Waals surface area (Å²) in [4.78, 5) is 0. The summed E-state index contributed by atoms with van der Waals surface area (Å²) in [6, 6.07) is 7.70. The maximum atomic E-state index is 5.79. The Hall–Kier alpha value is -0.570. The lowest BCUT2D eigenvalue weighted by Gasteiger charge is -2.40. The Bertz CT molecular complexity index is 285. The van der Waals surface area contributed by atoms with E-state index in [2.05, 4.69) is 0 Å². The number of hydrogen-bond donors (Lipinski definition) is 0. The van der Waals surface area contributed by atoms with E-state index in [0.717, 1.165) is 10.6 Å². The predicted octanol–water partition coefficient (Wildman–Crippen LogP) is 2.21. The molecule has 1 heterocycles. The molecule has 0 atom stereocenters. The van der Waals surface area contributed by atoms with Crippen molar-refractivity contribution >= 4 is 11.6 Å². The van der Waals surface area contributed by atoms with Crippen LogP contribution in [0.1, 0.15) is 5.56 Å². The molecule has 1 saturated heterocycles. The summed E-state index contributed by atoms with van der Waals surface area (Å²) in [6.45, 7) is 1.26. The average molecular weight is 199 g/mol. The van der Waals surface area contributed by atoms with Crippen molar-refractivity contribution in [2.75, 3.05) is 20.3 Å². The van der Waals surface area contributed by atoms with Crippen molar-refractivity contribution in [2.45, 2.75) is 5.60 Å². The fourth-order valence-corrected chi connectivity index (χ4v) is 1.57. The first-order valence-corrected chi connectivity index (χ1v) is 4.54. The van der Waals surface area contributed by atoms with Crippen molar-refractivity contribution in [1.29, 1.82) is 0 Å². The van der Waals surface area contributed by atoms with Crippen LogP contribution in [0.25, 0.3) is 0 Å². The molecule has 1 fully saturated rings. The van der Waals surface area contributed by atoms with E-state index in [1.54, 1.807) is 7.11 Å². The maximum absolute atomic E-state index is 5.79. The summed E-state index contributed by atoms with van der Waals surface area (Å²) >= 11 is 5.79. The first-order valence-electron chi connectivity index (χ1n) is 4.16. The van der Waals surface area contributed by atoms with E-state index in [-0.39, 0.29) is 5.60 Å². The van der Waals surface area contributed by atoms with Crippen molar-refractivity contribution in [2.24, 2.45) is 0 Å². The molecule has 13 heavy (non-hydrogen) atoms. The van der Waals surface area contributed by atoms with Crippen molar-refractivity contribution in [1.82, 2.24) is 0 Å². The van der Waals surface area contributed by atoms with Gasteiger partial charge in [0.25, 0.3) is 0 Å². The predicted molar refractivity (Wildman–Crippen MR) is 51.0 cm³/mol. The van der Waals surface area contributed by atoms with Crippen LogP contribution >= 0.6 is 11.6 Å². The second-order valence-corrected chi connectivity index (χ2v) is 3.63. The van der Waals surface area contributed by atoms with Crippen LogP contribution in [-0.4, -0.2) is 20.3 Å². The molecule has 0 radical (unpaired) electrons. The molecule has 1 aromatic carbocycles. The van der Waals surface area contributed by atoms with Crippen LogP contribution in [0, 0.1) is 0 Å². The normalized spacial score (nSPS) is 19.5. The van der Waals surface area contributed by atoms with Crippen LogP contribution in [0.2, 0.25) is 5.02 Å². The zero-order chi connectivity index (χ0) is 9.31. The van der Waals surface area contributed by atoms with Gasteiger partial charge in [-0.05, 0) is 17.7 Å². The van der Waals surface area contributed by atoms with Gasteiger partial charge in [-0.2, -0.15) is 0 Å². The molecule has 3 heteroatoms. The number of rotatable bonds is 2. The largest absolute Gasteiger partial charge is 0.375 e.